The van der Waals surface area contributed by atoms with Crippen molar-refractivity contribution in [2.45, 2.75) is 0 Å². The summed E-state index contributed by atoms with van der Waals surface area (Å²) in [6.45, 7) is 0. The molecule has 0 aliphatic carbocycles. The summed E-state index contributed by atoms with van der Waals surface area (Å²) in [5.41, 5.74) is 9.35. The number of alkyl halides is 1. The highest BCUT2D eigenvalue weighted by atomic mass is 79.9. The Bertz CT molecular complexity index is 369. The number of hydrogen-bond donors (Lipinski definition) is 1. The zero-order chi connectivity index (χ0) is 10.4. The van der Waals surface area contributed by atoms with Gasteiger partial charge in [0.05, 0.1) is 5.33 Å². The minimum atomic E-state index is -0.124. The van der Waals surface area contributed by atoms with Crippen LogP contribution in [-0.4, -0.2) is 11.2 Å². The molecule has 0 heterocycles. The van der Waals surface area contributed by atoms with Gasteiger partial charge in [0, 0.05) is 16.3 Å². The van der Waals surface area contributed by atoms with Crippen LogP contribution in [0.3, 0.4) is 0 Å². The summed E-state index contributed by atoms with van der Waals surface area (Å²) in [4.78, 5) is 13.6. The first-order chi connectivity index (χ1) is 6.76. The van der Waals surface area contributed by atoms with Crippen LogP contribution in [0.2, 0.25) is 0 Å². The van der Waals surface area contributed by atoms with Gasteiger partial charge in [-0.15, -0.1) is 0 Å². The third kappa shape index (κ3) is 3.08. The van der Waals surface area contributed by atoms with Gasteiger partial charge in [-0.3, -0.25) is 4.79 Å². The van der Waals surface area contributed by atoms with Gasteiger partial charge in [0.1, 0.15) is 0 Å². The molecule has 0 unspecified atom stereocenters. The van der Waals surface area contributed by atoms with Crippen molar-refractivity contribution < 1.29 is 4.79 Å². The zero-order valence-electron chi connectivity index (χ0n) is 7.14. The summed E-state index contributed by atoms with van der Waals surface area (Å²) in [6.07, 6.45) is 0. The number of anilines is 1. The summed E-state index contributed by atoms with van der Waals surface area (Å²) >= 11 is 3.03. The van der Waals surface area contributed by atoms with Crippen molar-refractivity contribution in [1.82, 2.24) is 0 Å². The molecule has 0 atom stereocenters. The largest absolute Gasteiger partial charge is 0.325 e. The van der Waals surface area contributed by atoms with Gasteiger partial charge < -0.3 is 5.32 Å². The molecule has 0 radical (unpaired) electrons. The van der Waals surface area contributed by atoms with E-state index >= 15 is 0 Å². The van der Waals surface area contributed by atoms with Gasteiger partial charge in [0.15, 0.2) is 0 Å². The lowest BCUT2D eigenvalue weighted by Crippen LogP contribution is -2.11. The fourth-order valence-corrected chi connectivity index (χ4v) is 0.998. The highest BCUT2D eigenvalue weighted by molar-refractivity contribution is 9.09. The molecule has 0 aromatic heterocycles. The van der Waals surface area contributed by atoms with Crippen molar-refractivity contribution in [3.8, 4) is 0 Å². The second kappa shape index (κ2) is 5.26. The molecule has 72 valence electrons. The van der Waals surface area contributed by atoms with Crippen LogP contribution in [0.15, 0.2) is 29.4 Å². The van der Waals surface area contributed by atoms with E-state index in [0.717, 1.165) is 0 Å². The summed E-state index contributed by atoms with van der Waals surface area (Å²) in [5.74, 6) is -0.124. The van der Waals surface area contributed by atoms with Crippen molar-refractivity contribution in [3.05, 3.63) is 34.7 Å². The first kappa shape index (κ1) is 10.6. The number of carbonyl (C=O) groups excluding carboxylic acids is 1. The van der Waals surface area contributed by atoms with Crippen LogP contribution in [0, 0.1) is 0 Å². The van der Waals surface area contributed by atoms with Crippen molar-refractivity contribution in [3.63, 3.8) is 0 Å². The Morgan fingerprint density at radius 3 is 2.64 bits per heavy atom. The predicted octanol–water partition coefficient (Wildman–Crippen LogP) is 2.96. The molecule has 1 N–H and O–H groups in total. The molecular formula is C8H7BrN4O. The number of hydrogen-bond acceptors (Lipinski definition) is 2. The molecule has 0 spiro atoms. The monoisotopic (exact) mass is 254 g/mol. The van der Waals surface area contributed by atoms with Gasteiger partial charge in [-0.25, -0.2) is 0 Å². The van der Waals surface area contributed by atoms with Crippen molar-refractivity contribution in [2.75, 3.05) is 10.6 Å². The maximum Gasteiger partial charge on any atom is 0.235 e. The maximum absolute atomic E-state index is 11.0. The third-order valence-electron chi connectivity index (χ3n) is 1.43. The molecule has 0 saturated carbocycles. The van der Waals surface area contributed by atoms with Crippen LogP contribution in [-0.2, 0) is 4.79 Å². The number of amides is 1. The molecule has 0 aliphatic heterocycles. The lowest BCUT2D eigenvalue weighted by atomic mass is 10.3. The molecule has 0 bridgehead atoms. The molecule has 1 aromatic carbocycles. The molecule has 1 aromatic rings. The van der Waals surface area contributed by atoms with E-state index in [-0.39, 0.29) is 11.2 Å². The Balaban J connectivity index is 2.73. The first-order valence-electron chi connectivity index (χ1n) is 3.77. The highest BCUT2D eigenvalue weighted by Crippen LogP contribution is 2.16. The van der Waals surface area contributed by atoms with E-state index in [9.17, 15) is 4.79 Å². The molecule has 5 nitrogen and oxygen atoms in total. The average molecular weight is 255 g/mol. The third-order valence-corrected chi connectivity index (χ3v) is 1.94. The molecule has 1 amide bonds. The van der Waals surface area contributed by atoms with E-state index in [1.165, 1.54) is 0 Å². The number of rotatable bonds is 3. The van der Waals surface area contributed by atoms with Gasteiger partial charge >= 0.3 is 0 Å². The Labute approximate surface area is 88.9 Å². The quantitative estimate of drug-likeness (QED) is 0.383. The molecule has 6 heteroatoms. The second-order valence-corrected chi connectivity index (χ2v) is 2.98. The van der Waals surface area contributed by atoms with E-state index in [1.54, 1.807) is 24.3 Å². The number of benzene rings is 1. The van der Waals surface area contributed by atoms with E-state index in [0.29, 0.717) is 11.4 Å². The molecular weight excluding hydrogens is 248 g/mol. The van der Waals surface area contributed by atoms with Crippen LogP contribution in [0.25, 0.3) is 10.4 Å². The van der Waals surface area contributed by atoms with Crippen molar-refractivity contribution in [2.24, 2.45) is 5.11 Å². The second-order valence-electron chi connectivity index (χ2n) is 2.42. The topological polar surface area (TPSA) is 77.9 Å². The standard InChI is InChI=1S/C8H7BrN4O/c9-5-8(14)11-6-1-3-7(4-2-6)12-13-10/h1-4H,5H2,(H,11,14). The number of azide groups is 1. The number of halogens is 1. The Hall–Kier alpha value is -1.52. The Morgan fingerprint density at radius 1 is 1.50 bits per heavy atom. The predicted molar refractivity (Wildman–Crippen MR) is 57.7 cm³/mol. The number of nitrogens with zero attached hydrogens (tertiary/aromatic N) is 3. The lowest BCUT2D eigenvalue weighted by Gasteiger charge is -2.01. The molecule has 0 aliphatic rings. The van der Waals surface area contributed by atoms with Crippen LogP contribution < -0.4 is 5.32 Å². The van der Waals surface area contributed by atoms with Gasteiger partial charge in [-0.1, -0.05) is 33.2 Å². The Kier molecular flexibility index (Phi) is 3.97. The van der Waals surface area contributed by atoms with Crippen molar-refractivity contribution >= 4 is 33.2 Å². The average Bonchev–Trinajstić information content (AvgIpc) is 2.21. The SMILES string of the molecule is [N-]=[N+]=Nc1ccc(NC(=O)CBr)cc1. The first-order valence-corrected chi connectivity index (χ1v) is 4.89. The van der Waals surface area contributed by atoms with Crippen LogP contribution in [0.5, 0.6) is 0 Å². The normalized spacial score (nSPS) is 8.93. The molecule has 0 fully saturated rings. The number of carbonyl (C=O) groups is 1. The Morgan fingerprint density at radius 2 is 2.14 bits per heavy atom. The summed E-state index contributed by atoms with van der Waals surface area (Å²) < 4.78 is 0. The van der Waals surface area contributed by atoms with Gasteiger partial charge in [-0.05, 0) is 17.7 Å². The lowest BCUT2D eigenvalue weighted by molar-refractivity contribution is -0.113. The van der Waals surface area contributed by atoms with E-state index in [4.69, 9.17) is 5.53 Å². The van der Waals surface area contributed by atoms with E-state index < -0.39 is 0 Å². The highest BCUT2D eigenvalue weighted by Gasteiger charge is 1.98. The smallest absolute Gasteiger partial charge is 0.235 e. The van der Waals surface area contributed by atoms with Crippen LogP contribution >= 0.6 is 15.9 Å². The van der Waals surface area contributed by atoms with Gasteiger partial charge in [0.25, 0.3) is 0 Å². The molecule has 1 rings (SSSR count). The summed E-state index contributed by atoms with van der Waals surface area (Å²) in [7, 11) is 0. The number of nitrogens with one attached hydrogen (secondary N) is 1. The minimum Gasteiger partial charge on any atom is -0.325 e. The van der Waals surface area contributed by atoms with E-state index in [1.807, 2.05) is 0 Å². The summed E-state index contributed by atoms with van der Waals surface area (Å²) in [6, 6.07) is 6.60. The fourth-order valence-electron chi connectivity index (χ4n) is 0.857. The zero-order valence-corrected chi connectivity index (χ0v) is 8.73. The van der Waals surface area contributed by atoms with Crippen molar-refractivity contribution in [1.29, 1.82) is 0 Å². The summed E-state index contributed by atoms with van der Waals surface area (Å²) in [5, 5.41) is 6.30. The molecule has 0 saturated heterocycles. The van der Waals surface area contributed by atoms with Gasteiger partial charge in [-0.2, -0.15) is 0 Å². The minimum absolute atomic E-state index is 0.124. The maximum atomic E-state index is 11.0. The fraction of sp³-hybridized carbons (Fsp3) is 0.125. The van der Waals surface area contributed by atoms with Gasteiger partial charge in [0.2, 0.25) is 5.91 Å². The van der Waals surface area contributed by atoms with Crippen LogP contribution in [0.4, 0.5) is 11.4 Å². The van der Waals surface area contributed by atoms with E-state index in [2.05, 4.69) is 31.3 Å². The van der Waals surface area contributed by atoms with Crippen LogP contribution in [0.1, 0.15) is 0 Å². The molecule has 14 heavy (non-hydrogen) atoms.